The van der Waals surface area contributed by atoms with Crippen LogP contribution >= 0.6 is 11.6 Å². The van der Waals surface area contributed by atoms with E-state index in [4.69, 9.17) is 16.7 Å². The van der Waals surface area contributed by atoms with Crippen LogP contribution in [-0.4, -0.2) is 50.1 Å². The van der Waals surface area contributed by atoms with E-state index in [1.165, 1.54) is 12.1 Å². The molecule has 0 saturated carbocycles. The summed E-state index contributed by atoms with van der Waals surface area (Å²) in [4.78, 5) is 1.80. The highest BCUT2D eigenvalue weighted by atomic mass is 35.5. The summed E-state index contributed by atoms with van der Waals surface area (Å²) in [7, 11) is 0. The molecule has 1 heterocycles. The van der Waals surface area contributed by atoms with Gasteiger partial charge in [0.15, 0.2) is 6.10 Å². The van der Waals surface area contributed by atoms with Gasteiger partial charge >= 0.3 is 6.18 Å². The van der Waals surface area contributed by atoms with Crippen LogP contribution in [0.4, 0.5) is 17.6 Å². The van der Waals surface area contributed by atoms with Gasteiger partial charge in [0.2, 0.25) is 0 Å². The van der Waals surface area contributed by atoms with Gasteiger partial charge in [-0.25, -0.2) is 4.39 Å². The van der Waals surface area contributed by atoms with Crippen LogP contribution in [0.25, 0.3) is 0 Å². The van der Waals surface area contributed by atoms with E-state index in [0.717, 1.165) is 4.90 Å². The van der Waals surface area contributed by atoms with E-state index in [0.29, 0.717) is 48.2 Å². The Labute approximate surface area is 131 Å². The summed E-state index contributed by atoms with van der Waals surface area (Å²) in [6, 6.07) is 4.51. The second-order valence-electron chi connectivity index (χ2n) is 5.64. The largest absolute Gasteiger partial charge is 0.419 e. The SMILES string of the molecule is O[C@H](C[NH+]1CC[NH+](Cc2c(F)cccc2Cl)CC1)C(F)(F)F. The number of piperazine rings is 1. The summed E-state index contributed by atoms with van der Waals surface area (Å²) < 4.78 is 50.7. The predicted octanol–water partition coefficient (Wildman–Crippen LogP) is -0.314. The highest BCUT2D eigenvalue weighted by Crippen LogP contribution is 2.19. The van der Waals surface area contributed by atoms with Gasteiger partial charge in [0.05, 0.1) is 10.6 Å². The van der Waals surface area contributed by atoms with Crippen molar-refractivity contribution in [2.24, 2.45) is 0 Å². The number of hydrogen-bond donors (Lipinski definition) is 3. The van der Waals surface area contributed by atoms with E-state index in [2.05, 4.69) is 0 Å². The van der Waals surface area contributed by atoms with Crippen LogP contribution < -0.4 is 9.80 Å². The number of nitrogens with one attached hydrogen (secondary N) is 2. The molecule has 0 aromatic heterocycles. The molecule has 22 heavy (non-hydrogen) atoms. The van der Waals surface area contributed by atoms with Crippen LogP contribution in [0.3, 0.4) is 0 Å². The summed E-state index contributed by atoms with van der Waals surface area (Å²) in [6.45, 7) is 2.33. The fraction of sp³-hybridized carbons (Fsp3) is 0.571. The van der Waals surface area contributed by atoms with E-state index in [1.54, 1.807) is 6.07 Å². The lowest BCUT2D eigenvalue weighted by atomic mass is 10.1. The Hall–Kier alpha value is -0.890. The van der Waals surface area contributed by atoms with E-state index < -0.39 is 12.3 Å². The first-order chi connectivity index (χ1) is 10.3. The molecule has 2 rings (SSSR count). The van der Waals surface area contributed by atoms with Crippen LogP contribution in [-0.2, 0) is 6.54 Å². The molecule has 0 unspecified atom stereocenters. The Balaban J connectivity index is 1.85. The number of halogens is 5. The third-order valence-electron chi connectivity index (χ3n) is 4.01. The number of rotatable bonds is 4. The standard InChI is InChI=1S/C14H17ClF4N2O/c15-11-2-1-3-12(16)10(11)8-20-4-6-21(7-5-20)9-13(22)14(17,18)19/h1-3,13,22H,4-9H2/p+2/t13-/m1/s1. The molecule has 3 N–H and O–H groups in total. The minimum atomic E-state index is -4.57. The normalized spacial score (nSPS) is 24.3. The molecule has 0 aliphatic carbocycles. The molecule has 0 amide bonds. The number of aliphatic hydroxyl groups excluding tert-OH is 1. The number of aliphatic hydroxyl groups is 1. The Morgan fingerprint density at radius 1 is 1.14 bits per heavy atom. The van der Waals surface area contributed by atoms with Gasteiger partial charge in [-0.3, -0.25) is 0 Å². The van der Waals surface area contributed by atoms with Crippen molar-refractivity contribution in [3.63, 3.8) is 0 Å². The third kappa shape index (κ3) is 4.55. The molecule has 8 heteroatoms. The van der Waals surface area contributed by atoms with Crippen molar-refractivity contribution in [2.45, 2.75) is 18.8 Å². The highest BCUT2D eigenvalue weighted by molar-refractivity contribution is 6.31. The van der Waals surface area contributed by atoms with Crippen molar-refractivity contribution in [1.82, 2.24) is 0 Å². The van der Waals surface area contributed by atoms with Gasteiger partial charge < -0.3 is 14.9 Å². The van der Waals surface area contributed by atoms with E-state index >= 15 is 0 Å². The molecule has 124 valence electrons. The van der Waals surface area contributed by atoms with Crippen LogP contribution in [0.1, 0.15) is 5.56 Å². The van der Waals surface area contributed by atoms with Crippen molar-refractivity contribution in [1.29, 1.82) is 0 Å². The van der Waals surface area contributed by atoms with Crippen LogP contribution in [0.2, 0.25) is 5.02 Å². The smallest absolute Gasteiger partial charge is 0.379 e. The van der Waals surface area contributed by atoms with Crippen molar-refractivity contribution >= 4 is 11.6 Å². The summed E-state index contributed by atoms with van der Waals surface area (Å²) in [5.41, 5.74) is 0.443. The third-order valence-corrected chi connectivity index (χ3v) is 4.37. The number of alkyl halides is 3. The Bertz CT molecular complexity index is 484. The van der Waals surface area contributed by atoms with Gasteiger partial charge in [-0.15, -0.1) is 0 Å². The Morgan fingerprint density at radius 3 is 2.27 bits per heavy atom. The zero-order valence-corrected chi connectivity index (χ0v) is 12.6. The molecule has 1 aromatic carbocycles. The second kappa shape index (κ2) is 7.12. The van der Waals surface area contributed by atoms with Gasteiger partial charge in [0, 0.05) is 0 Å². The number of benzene rings is 1. The highest BCUT2D eigenvalue weighted by Gasteiger charge is 2.41. The summed E-state index contributed by atoms with van der Waals surface area (Å²) in [5, 5.41) is 9.46. The lowest BCUT2D eigenvalue weighted by Crippen LogP contribution is -3.28. The van der Waals surface area contributed by atoms with Crippen LogP contribution in [0, 0.1) is 5.82 Å². The molecular weight excluding hydrogens is 324 g/mol. The topological polar surface area (TPSA) is 29.1 Å². The maximum atomic E-state index is 13.7. The van der Waals surface area contributed by atoms with Gasteiger partial charge in [-0.2, -0.15) is 13.2 Å². The first-order valence-electron chi connectivity index (χ1n) is 7.12. The van der Waals surface area contributed by atoms with Crippen molar-refractivity contribution in [2.75, 3.05) is 32.7 Å². The monoisotopic (exact) mass is 342 g/mol. The van der Waals surface area contributed by atoms with Gasteiger partial charge in [-0.05, 0) is 12.1 Å². The summed E-state index contributed by atoms with van der Waals surface area (Å²) in [6.07, 6.45) is -6.86. The Kier molecular flexibility index (Phi) is 5.65. The second-order valence-corrected chi connectivity index (χ2v) is 6.05. The molecule has 1 aliphatic rings. The average Bonchev–Trinajstić information content (AvgIpc) is 2.44. The predicted molar refractivity (Wildman–Crippen MR) is 73.4 cm³/mol. The molecular formula is C14H19ClF4N2O+2. The van der Waals surface area contributed by atoms with Crippen molar-refractivity contribution < 1.29 is 32.5 Å². The molecule has 1 aliphatic heterocycles. The maximum absolute atomic E-state index is 13.7. The van der Waals surface area contributed by atoms with E-state index in [1.807, 2.05) is 0 Å². The summed E-state index contributed by atoms with van der Waals surface area (Å²) >= 11 is 5.98. The zero-order valence-electron chi connectivity index (χ0n) is 11.9. The molecule has 1 aromatic rings. The quantitative estimate of drug-likeness (QED) is 0.644. The van der Waals surface area contributed by atoms with E-state index in [9.17, 15) is 17.6 Å². The van der Waals surface area contributed by atoms with Crippen molar-refractivity contribution in [3.8, 4) is 0 Å². The first-order valence-corrected chi connectivity index (χ1v) is 7.50. The lowest BCUT2D eigenvalue weighted by Gasteiger charge is -2.31. The minimum absolute atomic E-state index is 0.336. The van der Waals surface area contributed by atoms with E-state index in [-0.39, 0.29) is 12.4 Å². The van der Waals surface area contributed by atoms with Crippen LogP contribution in [0.15, 0.2) is 18.2 Å². The molecule has 1 saturated heterocycles. The zero-order chi connectivity index (χ0) is 16.3. The molecule has 0 radical (unpaired) electrons. The molecule has 1 atom stereocenters. The number of hydrogen-bond acceptors (Lipinski definition) is 1. The minimum Gasteiger partial charge on any atom is -0.379 e. The summed E-state index contributed by atoms with van der Waals surface area (Å²) in [5.74, 6) is -0.359. The first kappa shape index (κ1) is 17.5. The van der Waals surface area contributed by atoms with Crippen molar-refractivity contribution in [3.05, 3.63) is 34.6 Å². The average molecular weight is 343 g/mol. The molecule has 3 nitrogen and oxygen atoms in total. The van der Waals surface area contributed by atoms with Gasteiger partial charge in [-0.1, -0.05) is 17.7 Å². The fourth-order valence-corrected chi connectivity index (χ4v) is 2.91. The maximum Gasteiger partial charge on any atom is 0.419 e. The van der Waals surface area contributed by atoms with Gasteiger partial charge in [0.1, 0.15) is 45.1 Å². The fourth-order valence-electron chi connectivity index (χ4n) is 2.68. The van der Waals surface area contributed by atoms with Gasteiger partial charge in [0.25, 0.3) is 0 Å². The lowest BCUT2D eigenvalue weighted by molar-refractivity contribution is -1.02. The van der Waals surface area contributed by atoms with Crippen LogP contribution in [0.5, 0.6) is 0 Å². The molecule has 1 fully saturated rings. The number of quaternary nitrogens is 2. The molecule has 0 spiro atoms. The Morgan fingerprint density at radius 2 is 1.73 bits per heavy atom. The molecule has 0 bridgehead atoms.